The lowest BCUT2D eigenvalue weighted by Gasteiger charge is -2.20. The first-order valence-corrected chi connectivity index (χ1v) is 8.77. The number of nitrogens with one attached hydrogen (secondary N) is 1. The third-order valence-corrected chi connectivity index (χ3v) is 4.34. The Kier molecular flexibility index (Phi) is 5.05. The fourth-order valence-corrected chi connectivity index (χ4v) is 2.74. The molecular formula is C15H17FN2O4S. The molecule has 0 bridgehead atoms. The maximum absolute atomic E-state index is 13.8. The average Bonchev–Trinajstić information content (AvgIpc) is 2.96. The van der Waals surface area contributed by atoms with Gasteiger partial charge in [0.05, 0.1) is 19.1 Å². The number of rotatable bonds is 5. The summed E-state index contributed by atoms with van der Waals surface area (Å²) in [5.74, 6) is -0.900. The molecular weight excluding hydrogens is 323 g/mol. The molecule has 0 aliphatic carbocycles. The van der Waals surface area contributed by atoms with Gasteiger partial charge in [-0.2, -0.15) is 0 Å². The third kappa shape index (κ3) is 4.32. The number of furan rings is 1. The molecule has 0 spiro atoms. The van der Waals surface area contributed by atoms with Gasteiger partial charge in [0, 0.05) is 24.1 Å². The zero-order valence-electron chi connectivity index (χ0n) is 12.7. The molecule has 2 rings (SSSR count). The number of urea groups is 1. The molecule has 6 nitrogen and oxygen atoms in total. The van der Waals surface area contributed by atoms with E-state index in [1.165, 1.54) is 23.5 Å². The van der Waals surface area contributed by atoms with Gasteiger partial charge in [0.25, 0.3) is 0 Å². The van der Waals surface area contributed by atoms with Gasteiger partial charge in [0.15, 0.2) is 9.84 Å². The number of benzene rings is 1. The molecule has 0 fully saturated rings. The molecule has 8 heteroatoms. The minimum Gasteiger partial charge on any atom is -0.472 e. The van der Waals surface area contributed by atoms with Crippen LogP contribution in [0, 0.1) is 5.82 Å². The minimum absolute atomic E-state index is 0.186. The molecule has 124 valence electrons. The first-order valence-electron chi connectivity index (χ1n) is 6.88. The van der Waals surface area contributed by atoms with Crippen molar-refractivity contribution in [3.63, 3.8) is 0 Å². The largest absolute Gasteiger partial charge is 0.472 e. The third-order valence-electron chi connectivity index (χ3n) is 3.21. The maximum atomic E-state index is 13.8. The summed E-state index contributed by atoms with van der Waals surface area (Å²) >= 11 is 0. The summed E-state index contributed by atoms with van der Waals surface area (Å²) in [7, 11) is -3.64. The molecule has 0 aliphatic heterocycles. The number of carbonyl (C=O) groups excluding carboxylic acids is 1. The van der Waals surface area contributed by atoms with E-state index in [0.717, 1.165) is 24.0 Å². The highest BCUT2D eigenvalue weighted by Crippen LogP contribution is 2.19. The van der Waals surface area contributed by atoms with Gasteiger partial charge in [0.2, 0.25) is 0 Å². The summed E-state index contributed by atoms with van der Waals surface area (Å²) in [6.45, 7) is 2.61. The Morgan fingerprint density at radius 1 is 1.35 bits per heavy atom. The smallest absolute Gasteiger partial charge is 0.322 e. The zero-order valence-corrected chi connectivity index (χ0v) is 13.6. The summed E-state index contributed by atoms with van der Waals surface area (Å²) in [6.07, 6.45) is 3.98. The summed E-state index contributed by atoms with van der Waals surface area (Å²) in [6, 6.07) is 4.80. The average molecular weight is 340 g/mol. The second-order valence-corrected chi connectivity index (χ2v) is 6.98. The summed E-state index contributed by atoms with van der Waals surface area (Å²) in [5, 5.41) is 2.55. The first kappa shape index (κ1) is 17.0. The van der Waals surface area contributed by atoms with Crippen LogP contribution in [0.2, 0.25) is 0 Å². The summed E-state index contributed by atoms with van der Waals surface area (Å²) < 4.78 is 41.5. The minimum atomic E-state index is -3.64. The van der Waals surface area contributed by atoms with Gasteiger partial charge in [-0.3, -0.25) is 0 Å². The zero-order chi connectivity index (χ0) is 17.0. The van der Waals surface area contributed by atoms with E-state index in [4.69, 9.17) is 4.42 Å². The van der Waals surface area contributed by atoms with Crippen molar-refractivity contribution in [2.24, 2.45) is 0 Å². The lowest BCUT2D eigenvalue weighted by molar-refractivity contribution is 0.212. The van der Waals surface area contributed by atoms with Crippen LogP contribution in [0.5, 0.6) is 0 Å². The van der Waals surface area contributed by atoms with Crippen molar-refractivity contribution in [2.75, 3.05) is 18.1 Å². The van der Waals surface area contributed by atoms with E-state index in [9.17, 15) is 17.6 Å². The molecule has 1 N–H and O–H groups in total. The molecule has 2 aromatic rings. The number of nitrogens with zero attached hydrogens (tertiary/aromatic N) is 1. The van der Waals surface area contributed by atoms with Gasteiger partial charge < -0.3 is 14.6 Å². The molecule has 0 unspecified atom stereocenters. The number of sulfone groups is 1. The summed E-state index contributed by atoms with van der Waals surface area (Å²) in [5.41, 5.74) is 1.02. The second-order valence-electron chi connectivity index (χ2n) is 4.99. The van der Waals surface area contributed by atoms with Crippen LogP contribution < -0.4 is 5.32 Å². The highest BCUT2D eigenvalue weighted by atomic mass is 32.2. The Labute approximate surface area is 133 Å². The topological polar surface area (TPSA) is 79.6 Å². The molecule has 2 amide bonds. The van der Waals surface area contributed by atoms with Crippen LogP contribution in [0.4, 0.5) is 14.9 Å². The van der Waals surface area contributed by atoms with Crippen LogP contribution >= 0.6 is 0 Å². The molecule has 0 saturated carbocycles. The predicted molar refractivity (Wildman–Crippen MR) is 83.3 cm³/mol. The van der Waals surface area contributed by atoms with Gasteiger partial charge in [-0.25, -0.2) is 17.6 Å². The SMILES string of the molecule is CCN(Cc1ccoc1)C(=O)Nc1ccc(S(C)(=O)=O)c(F)c1. The number of halogens is 1. The van der Waals surface area contributed by atoms with E-state index in [2.05, 4.69) is 5.32 Å². The second kappa shape index (κ2) is 6.82. The molecule has 0 saturated heterocycles. The lowest BCUT2D eigenvalue weighted by atomic mass is 10.3. The van der Waals surface area contributed by atoms with E-state index >= 15 is 0 Å². The molecule has 1 heterocycles. The van der Waals surface area contributed by atoms with Crippen molar-refractivity contribution in [2.45, 2.75) is 18.4 Å². The van der Waals surface area contributed by atoms with Crippen LogP contribution in [0.3, 0.4) is 0 Å². The highest BCUT2D eigenvalue weighted by molar-refractivity contribution is 7.90. The lowest BCUT2D eigenvalue weighted by Crippen LogP contribution is -2.34. The van der Waals surface area contributed by atoms with Crippen molar-refractivity contribution >= 4 is 21.6 Å². The van der Waals surface area contributed by atoms with Crippen LogP contribution in [-0.4, -0.2) is 32.1 Å². The van der Waals surface area contributed by atoms with Gasteiger partial charge in [0.1, 0.15) is 10.7 Å². The number of amides is 2. The van der Waals surface area contributed by atoms with Crippen molar-refractivity contribution in [1.29, 1.82) is 0 Å². The molecule has 1 aromatic carbocycles. The molecule has 23 heavy (non-hydrogen) atoms. The van der Waals surface area contributed by atoms with Crippen molar-refractivity contribution in [3.05, 3.63) is 48.2 Å². The van der Waals surface area contributed by atoms with Crippen LogP contribution in [-0.2, 0) is 16.4 Å². The van der Waals surface area contributed by atoms with Crippen molar-refractivity contribution < 1.29 is 22.0 Å². The van der Waals surface area contributed by atoms with E-state index in [0.29, 0.717) is 13.1 Å². The standard InChI is InChI=1S/C15H17FN2O4S/c1-3-18(9-11-6-7-22-10-11)15(19)17-12-4-5-14(13(16)8-12)23(2,20)21/h4-8,10H,3,9H2,1-2H3,(H,17,19). The number of hydrogen-bond acceptors (Lipinski definition) is 4. The fraction of sp³-hybridized carbons (Fsp3) is 0.267. The van der Waals surface area contributed by atoms with E-state index in [1.54, 1.807) is 6.07 Å². The molecule has 1 aromatic heterocycles. The molecule has 0 aliphatic rings. The van der Waals surface area contributed by atoms with Crippen molar-refractivity contribution in [1.82, 2.24) is 4.90 Å². The number of hydrogen-bond donors (Lipinski definition) is 1. The maximum Gasteiger partial charge on any atom is 0.322 e. The monoisotopic (exact) mass is 340 g/mol. The van der Waals surface area contributed by atoms with E-state index in [1.807, 2.05) is 6.92 Å². The van der Waals surface area contributed by atoms with Crippen LogP contribution in [0.1, 0.15) is 12.5 Å². The molecule has 0 radical (unpaired) electrons. The summed E-state index contributed by atoms with van der Waals surface area (Å²) in [4.78, 5) is 13.3. The normalized spacial score (nSPS) is 11.3. The van der Waals surface area contributed by atoms with Crippen molar-refractivity contribution in [3.8, 4) is 0 Å². The van der Waals surface area contributed by atoms with Crippen LogP contribution in [0.25, 0.3) is 0 Å². The molecule has 0 atom stereocenters. The quantitative estimate of drug-likeness (QED) is 0.907. The number of carbonyl (C=O) groups is 1. The Hall–Kier alpha value is -2.35. The van der Waals surface area contributed by atoms with E-state index in [-0.39, 0.29) is 5.69 Å². The Bertz CT molecular complexity index is 788. The number of anilines is 1. The Morgan fingerprint density at radius 2 is 2.09 bits per heavy atom. The highest BCUT2D eigenvalue weighted by Gasteiger charge is 2.16. The Morgan fingerprint density at radius 3 is 2.61 bits per heavy atom. The van der Waals surface area contributed by atoms with Gasteiger partial charge >= 0.3 is 6.03 Å². The van der Waals surface area contributed by atoms with Gasteiger partial charge in [-0.05, 0) is 31.2 Å². The first-order chi connectivity index (χ1) is 10.8. The Balaban J connectivity index is 2.11. The fourth-order valence-electron chi connectivity index (χ4n) is 2.01. The van der Waals surface area contributed by atoms with E-state index < -0.39 is 26.6 Å². The predicted octanol–water partition coefficient (Wildman–Crippen LogP) is 2.88. The van der Waals surface area contributed by atoms with Gasteiger partial charge in [-0.15, -0.1) is 0 Å². The van der Waals surface area contributed by atoms with Gasteiger partial charge in [-0.1, -0.05) is 0 Å². The van der Waals surface area contributed by atoms with Crippen LogP contribution in [0.15, 0.2) is 46.1 Å².